The lowest BCUT2D eigenvalue weighted by Crippen LogP contribution is -2.41. The first-order valence-corrected chi connectivity index (χ1v) is 8.40. The van der Waals surface area contributed by atoms with Gasteiger partial charge in [-0.3, -0.25) is 4.90 Å². The Hall–Kier alpha value is -1.79. The van der Waals surface area contributed by atoms with E-state index in [9.17, 15) is 4.79 Å². The van der Waals surface area contributed by atoms with E-state index in [2.05, 4.69) is 10.2 Å². The summed E-state index contributed by atoms with van der Waals surface area (Å²) in [5.74, 6) is 0.844. The zero-order chi connectivity index (χ0) is 17.7. The Morgan fingerprint density at radius 1 is 1.42 bits per heavy atom. The standard InChI is InChI=1S/C18H29N3O3/c1-18(2,3)24-17(22)20-13-9-10-21(12-13)15(11-19)14-7-5-6-8-16(14)23-4/h5-8,13,15H,9-12,19H2,1-4H3,(H,20,22)/t13-,15-/m0/s1. The number of ether oxygens (including phenoxy) is 2. The number of carbonyl (C=O) groups excluding carboxylic acids is 1. The van der Waals surface area contributed by atoms with Crippen LogP contribution in [0.15, 0.2) is 24.3 Å². The predicted molar refractivity (Wildman–Crippen MR) is 94.1 cm³/mol. The summed E-state index contributed by atoms with van der Waals surface area (Å²) in [5, 5.41) is 2.95. The maximum Gasteiger partial charge on any atom is 0.407 e. The Morgan fingerprint density at radius 2 is 2.12 bits per heavy atom. The molecule has 3 N–H and O–H groups in total. The average molecular weight is 335 g/mol. The van der Waals surface area contributed by atoms with Crippen molar-refractivity contribution in [2.24, 2.45) is 5.73 Å². The van der Waals surface area contributed by atoms with Crippen LogP contribution >= 0.6 is 0 Å². The van der Waals surface area contributed by atoms with E-state index >= 15 is 0 Å². The highest BCUT2D eigenvalue weighted by Crippen LogP contribution is 2.31. The lowest BCUT2D eigenvalue weighted by Gasteiger charge is -2.28. The molecule has 0 saturated carbocycles. The van der Waals surface area contributed by atoms with E-state index in [1.165, 1.54) is 0 Å². The van der Waals surface area contributed by atoms with Crippen LogP contribution in [0.4, 0.5) is 4.79 Å². The first kappa shape index (κ1) is 18.5. The largest absolute Gasteiger partial charge is 0.496 e. The molecule has 134 valence electrons. The van der Waals surface area contributed by atoms with Crippen LogP contribution in [0, 0.1) is 0 Å². The molecule has 2 atom stereocenters. The van der Waals surface area contributed by atoms with Gasteiger partial charge in [0.15, 0.2) is 0 Å². The molecule has 0 aliphatic carbocycles. The maximum absolute atomic E-state index is 11.9. The number of hydrogen-bond donors (Lipinski definition) is 2. The van der Waals surface area contributed by atoms with E-state index < -0.39 is 5.60 Å². The number of nitrogens with two attached hydrogens (primary N) is 1. The minimum absolute atomic E-state index is 0.0728. The van der Waals surface area contributed by atoms with Gasteiger partial charge in [0.05, 0.1) is 13.2 Å². The lowest BCUT2D eigenvalue weighted by atomic mass is 10.0. The zero-order valence-corrected chi connectivity index (χ0v) is 15.0. The summed E-state index contributed by atoms with van der Waals surface area (Å²) in [6.45, 7) is 7.71. The highest BCUT2D eigenvalue weighted by Gasteiger charge is 2.31. The van der Waals surface area contributed by atoms with Crippen molar-refractivity contribution in [3.05, 3.63) is 29.8 Å². The zero-order valence-electron chi connectivity index (χ0n) is 15.0. The van der Waals surface area contributed by atoms with Crippen LogP contribution in [-0.2, 0) is 4.74 Å². The van der Waals surface area contributed by atoms with Gasteiger partial charge in [0, 0.05) is 31.2 Å². The number of methoxy groups -OCH3 is 1. The summed E-state index contributed by atoms with van der Waals surface area (Å²) < 4.78 is 10.8. The minimum Gasteiger partial charge on any atom is -0.496 e. The Bertz CT molecular complexity index is 557. The normalized spacial score (nSPS) is 19.8. The van der Waals surface area contributed by atoms with Gasteiger partial charge in [-0.1, -0.05) is 18.2 Å². The lowest BCUT2D eigenvalue weighted by molar-refractivity contribution is 0.0504. The first-order chi connectivity index (χ1) is 11.3. The second kappa shape index (κ2) is 7.85. The molecule has 1 heterocycles. The summed E-state index contributed by atoms with van der Waals surface area (Å²) in [6, 6.07) is 8.09. The van der Waals surface area contributed by atoms with Crippen LogP contribution in [-0.4, -0.2) is 49.4 Å². The molecule has 24 heavy (non-hydrogen) atoms. The molecule has 0 spiro atoms. The highest BCUT2D eigenvalue weighted by atomic mass is 16.6. The van der Waals surface area contributed by atoms with Crippen molar-refractivity contribution in [1.82, 2.24) is 10.2 Å². The molecule has 0 aromatic heterocycles. The fourth-order valence-electron chi connectivity index (χ4n) is 3.08. The monoisotopic (exact) mass is 335 g/mol. The summed E-state index contributed by atoms with van der Waals surface area (Å²) in [7, 11) is 1.67. The topological polar surface area (TPSA) is 76.8 Å². The smallest absolute Gasteiger partial charge is 0.407 e. The fraction of sp³-hybridized carbons (Fsp3) is 0.611. The molecule has 0 bridgehead atoms. The highest BCUT2D eigenvalue weighted by molar-refractivity contribution is 5.68. The van der Waals surface area contributed by atoms with Crippen molar-refractivity contribution in [3.63, 3.8) is 0 Å². The first-order valence-electron chi connectivity index (χ1n) is 8.40. The summed E-state index contributed by atoms with van der Waals surface area (Å²) in [5.41, 5.74) is 6.63. The quantitative estimate of drug-likeness (QED) is 0.863. The van der Waals surface area contributed by atoms with Crippen molar-refractivity contribution in [1.29, 1.82) is 0 Å². The Kier molecular flexibility index (Phi) is 6.07. The number of benzene rings is 1. The molecule has 1 saturated heterocycles. The fourth-order valence-corrected chi connectivity index (χ4v) is 3.08. The molecule has 1 amide bonds. The van der Waals surface area contributed by atoms with Gasteiger partial charge in [-0.25, -0.2) is 4.79 Å². The van der Waals surface area contributed by atoms with Crippen LogP contribution in [0.3, 0.4) is 0 Å². The van der Waals surface area contributed by atoms with Gasteiger partial charge in [-0.15, -0.1) is 0 Å². The van der Waals surface area contributed by atoms with E-state index in [1.807, 2.05) is 45.0 Å². The number of para-hydroxylation sites is 1. The molecule has 1 fully saturated rings. The Labute approximate surface area is 144 Å². The van der Waals surface area contributed by atoms with E-state index in [4.69, 9.17) is 15.2 Å². The second-order valence-corrected chi connectivity index (χ2v) is 7.12. The van der Waals surface area contributed by atoms with Gasteiger partial charge in [-0.05, 0) is 33.3 Å². The van der Waals surface area contributed by atoms with Crippen molar-refractivity contribution >= 4 is 6.09 Å². The number of rotatable bonds is 5. The van der Waals surface area contributed by atoms with Gasteiger partial charge in [-0.2, -0.15) is 0 Å². The molecule has 1 aliphatic heterocycles. The van der Waals surface area contributed by atoms with Crippen molar-refractivity contribution in [2.45, 2.75) is 44.9 Å². The van der Waals surface area contributed by atoms with Crippen LogP contribution in [0.2, 0.25) is 0 Å². The van der Waals surface area contributed by atoms with Gasteiger partial charge in [0.1, 0.15) is 11.4 Å². The number of nitrogens with zero attached hydrogens (tertiary/aromatic N) is 1. The Balaban J connectivity index is 1.99. The van der Waals surface area contributed by atoms with Crippen molar-refractivity contribution < 1.29 is 14.3 Å². The summed E-state index contributed by atoms with van der Waals surface area (Å²) in [6.07, 6.45) is 0.515. The number of carbonyl (C=O) groups is 1. The molecule has 1 aromatic rings. The third-order valence-electron chi connectivity index (χ3n) is 4.10. The number of nitrogens with one attached hydrogen (secondary N) is 1. The Morgan fingerprint density at radius 3 is 2.75 bits per heavy atom. The molecule has 0 unspecified atom stereocenters. The molecule has 2 rings (SSSR count). The molecule has 1 aromatic carbocycles. The number of hydrogen-bond acceptors (Lipinski definition) is 5. The molecule has 0 radical (unpaired) electrons. The molecular weight excluding hydrogens is 306 g/mol. The number of alkyl carbamates (subject to hydrolysis) is 1. The van der Waals surface area contributed by atoms with E-state index in [0.29, 0.717) is 6.54 Å². The van der Waals surface area contributed by atoms with Crippen LogP contribution < -0.4 is 15.8 Å². The number of likely N-dealkylation sites (tertiary alicyclic amines) is 1. The van der Waals surface area contributed by atoms with Crippen LogP contribution in [0.5, 0.6) is 5.75 Å². The van der Waals surface area contributed by atoms with Gasteiger partial charge in [0.2, 0.25) is 0 Å². The summed E-state index contributed by atoms with van der Waals surface area (Å²) >= 11 is 0. The maximum atomic E-state index is 11.9. The predicted octanol–water partition coefficient (Wildman–Crippen LogP) is 2.29. The molecule has 6 nitrogen and oxygen atoms in total. The minimum atomic E-state index is -0.487. The molecular formula is C18H29N3O3. The van der Waals surface area contributed by atoms with Gasteiger partial charge in [0.25, 0.3) is 0 Å². The SMILES string of the molecule is COc1ccccc1[C@H](CN)N1CC[C@H](NC(=O)OC(C)(C)C)C1. The van der Waals surface area contributed by atoms with Crippen molar-refractivity contribution in [3.8, 4) is 5.75 Å². The third kappa shape index (κ3) is 4.85. The van der Waals surface area contributed by atoms with E-state index in [1.54, 1.807) is 7.11 Å². The number of amides is 1. The molecule has 1 aliphatic rings. The van der Waals surface area contributed by atoms with Crippen LogP contribution in [0.1, 0.15) is 38.8 Å². The summed E-state index contributed by atoms with van der Waals surface area (Å²) in [4.78, 5) is 14.2. The van der Waals surface area contributed by atoms with Crippen molar-refractivity contribution in [2.75, 3.05) is 26.7 Å². The third-order valence-corrected chi connectivity index (χ3v) is 4.10. The van der Waals surface area contributed by atoms with E-state index in [-0.39, 0.29) is 18.2 Å². The van der Waals surface area contributed by atoms with Crippen LogP contribution in [0.25, 0.3) is 0 Å². The van der Waals surface area contributed by atoms with Gasteiger partial charge < -0.3 is 20.5 Å². The average Bonchev–Trinajstić information content (AvgIpc) is 2.94. The van der Waals surface area contributed by atoms with E-state index in [0.717, 1.165) is 30.8 Å². The second-order valence-electron chi connectivity index (χ2n) is 7.12. The van der Waals surface area contributed by atoms with Gasteiger partial charge >= 0.3 is 6.09 Å². The molecule has 6 heteroatoms.